The number of carbonyl (C=O) groups excluding carboxylic acids is 1. The number of benzene rings is 1. The molecule has 18 heavy (non-hydrogen) atoms. The Morgan fingerprint density at radius 1 is 1.39 bits per heavy atom. The van der Waals surface area contributed by atoms with E-state index in [0.717, 1.165) is 16.8 Å². The molecule has 0 fully saturated rings. The second kappa shape index (κ2) is 5.49. The average Bonchev–Trinajstić information content (AvgIpc) is 2.84. The number of aromatic nitrogens is 2. The van der Waals surface area contributed by atoms with E-state index in [2.05, 4.69) is 10.4 Å². The van der Waals surface area contributed by atoms with Gasteiger partial charge in [-0.3, -0.25) is 9.48 Å². The number of carbonyl (C=O) groups is 1. The third-order valence-electron chi connectivity index (χ3n) is 2.79. The Morgan fingerprint density at radius 2 is 2.22 bits per heavy atom. The number of hydrogen-bond acceptors (Lipinski definition) is 2. The number of amides is 1. The molecule has 0 saturated heterocycles. The zero-order chi connectivity index (χ0) is 13.0. The minimum atomic E-state index is 0.0131. The summed E-state index contributed by atoms with van der Waals surface area (Å²) in [6, 6.07) is 7.89. The number of nitrogens with one attached hydrogen (secondary N) is 1. The van der Waals surface area contributed by atoms with Gasteiger partial charge < -0.3 is 5.32 Å². The van der Waals surface area contributed by atoms with Crippen molar-refractivity contribution in [2.24, 2.45) is 0 Å². The second-order valence-corrected chi connectivity index (χ2v) is 4.39. The van der Waals surface area contributed by atoms with Crippen LogP contribution >= 0.6 is 0 Å². The Balaban J connectivity index is 1.92. The molecule has 0 bridgehead atoms. The van der Waals surface area contributed by atoms with E-state index in [4.69, 9.17) is 0 Å². The first-order chi connectivity index (χ1) is 8.65. The lowest BCUT2D eigenvalue weighted by Gasteiger charge is -2.09. The van der Waals surface area contributed by atoms with Gasteiger partial charge in [0, 0.05) is 31.0 Å². The molecule has 0 atom stereocenters. The van der Waals surface area contributed by atoms with Crippen LogP contribution in [0.1, 0.15) is 17.5 Å². The van der Waals surface area contributed by atoms with E-state index in [1.165, 1.54) is 0 Å². The van der Waals surface area contributed by atoms with Crippen molar-refractivity contribution in [1.29, 1.82) is 0 Å². The summed E-state index contributed by atoms with van der Waals surface area (Å²) in [4.78, 5) is 11.8. The third-order valence-corrected chi connectivity index (χ3v) is 2.79. The molecule has 1 amide bonds. The zero-order valence-corrected chi connectivity index (χ0v) is 10.7. The van der Waals surface area contributed by atoms with Crippen LogP contribution in [0.4, 0.5) is 5.69 Å². The van der Waals surface area contributed by atoms with E-state index in [1.54, 1.807) is 10.9 Å². The first-order valence-electron chi connectivity index (χ1n) is 6.00. The highest BCUT2D eigenvalue weighted by molar-refractivity contribution is 5.91. The van der Waals surface area contributed by atoms with Crippen molar-refractivity contribution >= 4 is 11.6 Å². The van der Waals surface area contributed by atoms with Gasteiger partial charge in [0.15, 0.2) is 0 Å². The van der Waals surface area contributed by atoms with Crippen LogP contribution in [0.3, 0.4) is 0 Å². The minimum Gasteiger partial charge on any atom is -0.326 e. The highest BCUT2D eigenvalue weighted by Crippen LogP contribution is 2.16. The van der Waals surface area contributed by atoms with Gasteiger partial charge in [-0.1, -0.05) is 12.1 Å². The zero-order valence-electron chi connectivity index (χ0n) is 10.7. The van der Waals surface area contributed by atoms with Crippen molar-refractivity contribution in [3.63, 3.8) is 0 Å². The normalized spacial score (nSPS) is 10.3. The Morgan fingerprint density at radius 3 is 2.94 bits per heavy atom. The smallest absolute Gasteiger partial charge is 0.226 e. The summed E-state index contributed by atoms with van der Waals surface area (Å²) >= 11 is 0. The predicted molar refractivity (Wildman–Crippen MR) is 71.4 cm³/mol. The lowest BCUT2D eigenvalue weighted by molar-refractivity contribution is -0.116. The summed E-state index contributed by atoms with van der Waals surface area (Å²) < 4.78 is 1.75. The van der Waals surface area contributed by atoms with E-state index < -0.39 is 0 Å². The highest BCUT2D eigenvalue weighted by atomic mass is 16.1. The van der Waals surface area contributed by atoms with Crippen molar-refractivity contribution in [2.45, 2.75) is 26.8 Å². The predicted octanol–water partition coefficient (Wildman–Crippen LogP) is 2.53. The van der Waals surface area contributed by atoms with Crippen LogP contribution < -0.4 is 5.32 Å². The first-order valence-corrected chi connectivity index (χ1v) is 6.00. The molecule has 0 unspecified atom stereocenters. The molecule has 1 aromatic carbocycles. The number of nitrogens with zero attached hydrogens (tertiary/aromatic N) is 2. The summed E-state index contributed by atoms with van der Waals surface area (Å²) in [5.74, 6) is 0.0131. The highest BCUT2D eigenvalue weighted by Gasteiger charge is 2.05. The molecule has 0 aliphatic rings. The number of rotatable bonds is 4. The maximum Gasteiger partial charge on any atom is 0.226 e. The molecule has 1 aromatic heterocycles. The molecule has 2 aromatic rings. The molecule has 94 valence electrons. The van der Waals surface area contributed by atoms with Crippen molar-refractivity contribution in [1.82, 2.24) is 9.78 Å². The summed E-state index contributed by atoms with van der Waals surface area (Å²) in [6.07, 6.45) is 3.99. The summed E-state index contributed by atoms with van der Waals surface area (Å²) in [5, 5.41) is 7.00. The topological polar surface area (TPSA) is 46.9 Å². The molecule has 2 rings (SSSR count). The first kappa shape index (κ1) is 12.4. The molecule has 4 heteroatoms. The Labute approximate surface area is 107 Å². The second-order valence-electron chi connectivity index (χ2n) is 4.39. The van der Waals surface area contributed by atoms with Crippen molar-refractivity contribution in [3.8, 4) is 0 Å². The Hall–Kier alpha value is -2.10. The van der Waals surface area contributed by atoms with Gasteiger partial charge in [0.05, 0.1) is 0 Å². The number of anilines is 1. The number of hydrogen-bond donors (Lipinski definition) is 1. The van der Waals surface area contributed by atoms with E-state index >= 15 is 0 Å². The maximum atomic E-state index is 11.8. The van der Waals surface area contributed by atoms with Crippen molar-refractivity contribution in [2.75, 3.05) is 5.32 Å². The summed E-state index contributed by atoms with van der Waals surface area (Å²) in [6.45, 7) is 4.60. The van der Waals surface area contributed by atoms with Gasteiger partial charge in [0.1, 0.15) is 0 Å². The van der Waals surface area contributed by atoms with Gasteiger partial charge in [0.25, 0.3) is 0 Å². The van der Waals surface area contributed by atoms with Crippen molar-refractivity contribution < 1.29 is 4.79 Å². The van der Waals surface area contributed by atoms with E-state index in [-0.39, 0.29) is 5.91 Å². The molecular weight excluding hydrogens is 226 g/mol. The fourth-order valence-electron chi connectivity index (χ4n) is 1.73. The van der Waals surface area contributed by atoms with Gasteiger partial charge in [-0.25, -0.2) is 0 Å². The fraction of sp³-hybridized carbons (Fsp3) is 0.286. The largest absolute Gasteiger partial charge is 0.326 e. The van der Waals surface area contributed by atoms with E-state index in [9.17, 15) is 4.79 Å². The van der Waals surface area contributed by atoms with Crippen LogP contribution in [0.2, 0.25) is 0 Å². The van der Waals surface area contributed by atoms with Crippen LogP contribution in [0.15, 0.2) is 36.7 Å². The molecular formula is C14H17N3O. The molecule has 0 aliphatic carbocycles. The van der Waals surface area contributed by atoms with Crippen LogP contribution in [-0.2, 0) is 11.3 Å². The van der Waals surface area contributed by atoms with E-state index in [0.29, 0.717) is 13.0 Å². The lowest BCUT2D eigenvalue weighted by Crippen LogP contribution is -2.15. The van der Waals surface area contributed by atoms with Gasteiger partial charge in [-0.05, 0) is 37.1 Å². The summed E-state index contributed by atoms with van der Waals surface area (Å²) in [5.41, 5.74) is 3.11. The van der Waals surface area contributed by atoms with Crippen LogP contribution in [0.5, 0.6) is 0 Å². The standard InChI is InChI=1S/C14H17N3O/c1-11-4-5-12(2)13(10-11)16-14(18)6-9-17-8-3-7-15-17/h3-5,7-8,10H,6,9H2,1-2H3,(H,16,18). The SMILES string of the molecule is Cc1ccc(C)c(NC(=O)CCn2cccn2)c1. The van der Waals surface area contributed by atoms with Gasteiger partial charge >= 0.3 is 0 Å². The van der Waals surface area contributed by atoms with E-state index in [1.807, 2.05) is 44.3 Å². The maximum absolute atomic E-state index is 11.8. The molecule has 0 radical (unpaired) electrons. The van der Waals surface area contributed by atoms with Crippen LogP contribution in [-0.4, -0.2) is 15.7 Å². The third kappa shape index (κ3) is 3.20. The van der Waals surface area contributed by atoms with Crippen molar-refractivity contribution in [3.05, 3.63) is 47.8 Å². The molecule has 0 aliphatic heterocycles. The quantitative estimate of drug-likeness (QED) is 0.897. The minimum absolute atomic E-state index is 0.0131. The molecule has 4 nitrogen and oxygen atoms in total. The van der Waals surface area contributed by atoms with Gasteiger partial charge in [-0.15, -0.1) is 0 Å². The Bertz CT molecular complexity index is 532. The molecule has 1 heterocycles. The van der Waals surface area contributed by atoms with Gasteiger partial charge in [0.2, 0.25) is 5.91 Å². The van der Waals surface area contributed by atoms with Gasteiger partial charge in [-0.2, -0.15) is 5.10 Å². The summed E-state index contributed by atoms with van der Waals surface area (Å²) in [7, 11) is 0. The van der Waals surface area contributed by atoms with Crippen LogP contribution in [0, 0.1) is 13.8 Å². The average molecular weight is 243 g/mol. The number of aryl methyl sites for hydroxylation is 3. The molecule has 0 saturated carbocycles. The molecule has 1 N–H and O–H groups in total. The monoisotopic (exact) mass is 243 g/mol. The fourth-order valence-corrected chi connectivity index (χ4v) is 1.73. The molecule has 0 spiro atoms. The Kier molecular flexibility index (Phi) is 3.77. The van der Waals surface area contributed by atoms with Crippen LogP contribution in [0.25, 0.3) is 0 Å². The lowest BCUT2D eigenvalue weighted by atomic mass is 10.1.